The van der Waals surface area contributed by atoms with Gasteiger partial charge in [-0.3, -0.25) is 4.79 Å². The second-order valence-corrected chi connectivity index (χ2v) is 9.37. The SMILES string of the molecule is O=C(c1ccc(Cn2cncn2)o1)N1CCC2(CC1)CC(CCOCc1ccccc1)CCO2. The van der Waals surface area contributed by atoms with Gasteiger partial charge in [0.25, 0.3) is 5.91 Å². The third-order valence-corrected chi connectivity index (χ3v) is 7.00. The summed E-state index contributed by atoms with van der Waals surface area (Å²) in [6.45, 7) is 4.07. The number of carbonyl (C=O) groups excluding carboxylic acids is 1. The molecule has 180 valence electrons. The lowest BCUT2D eigenvalue weighted by Crippen LogP contribution is -2.50. The Morgan fingerprint density at radius 3 is 2.79 bits per heavy atom. The van der Waals surface area contributed by atoms with Crippen molar-refractivity contribution in [3.05, 3.63) is 72.2 Å². The second-order valence-electron chi connectivity index (χ2n) is 9.37. The fourth-order valence-corrected chi connectivity index (χ4v) is 5.06. The van der Waals surface area contributed by atoms with E-state index in [4.69, 9.17) is 13.9 Å². The number of likely N-dealkylation sites (tertiary alicyclic amines) is 1. The van der Waals surface area contributed by atoms with Crippen molar-refractivity contribution in [2.24, 2.45) is 5.92 Å². The summed E-state index contributed by atoms with van der Waals surface area (Å²) >= 11 is 0. The van der Waals surface area contributed by atoms with Gasteiger partial charge in [0.05, 0.1) is 12.2 Å². The zero-order valence-electron chi connectivity index (χ0n) is 19.5. The summed E-state index contributed by atoms with van der Waals surface area (Å²) in [5.74, 6) is 1.62. The maximum Gasteiger partial charge on any atom is 0.289 e. The van der Waals surface area contributed by atoms with Crippen LogP contribution < -0.4 is 0 Å². The summed E-state index contributed by atoms with van der Waals surface area (Å²) in [6.07, 6.45) is 8.03. The molecule has 0 N–H and O–H groups in total. The quantitative estimate of drug-likeness (QED) is 0.470. The van der Waals surface area contributed by atoms with E-state index in [1.165, 1.54) is 11.9 Å². The van der Waals surface area contributed by atoms with E-state index in [-0.39, 0.29) is 11.5 Å². The van der Waals surface area contributed by atoms with Crippen LogP contribution in [-0.4, -0.2) is 57.5 Å². The van der Waals surface area contributed by atoms with Gasteiger partial charge in [-0.2, -0.15) is 5.10 Å². The van der Waals surface area contributed by atoms with Gasteiger partial charge in [-0.15, -0.1) is 0 Å². The van der Waals surface area contributed by atoms with E-state index in [1.54, 1.807) is 17.1 Å². The highest BCUT2D eigenvalue weighted by atomic mass is 16.5. The van der Waals surface area contributed by atoms with Gasteiger partial charge in [-0.25, -0.2) is 9.67 Å². The van der Waals surface area contributed by atoms with Gasteiger partial charge >= 0.3 is 0 Å². The highest BCUT2D eigenvalue weighted by Crippen LogP contribution is 2.39. The van der Waals surface area contributed by atoms with Crippen LogP contribution in [0.15, 0.2) is 59.5 Å². The predicted molar refractivity (Wildman–Crippen MR) is 125 cm³/mol. The first-order valence-electron chi connectivity index (χ1n) is 12.2. The fourth-order valence-electron chi connectivity index (χ4n) is 5.06. The third kappa shape index (κ3) is 5.56. The number of piperidine rings is 1. The first-order chi connectivity index (χ1) is 16.7. The van der Waals surface area contributed by atoms with E-state index in [9.17, 15) is 4.79 Å². The predicted octanol–water partition coefficient (Wildman–Crippen LogP) is 3.93. The Balaban J connectivity index is 1.08. The molecule has 8 nitrogen and oxygen atoms in total. The lowest BCUT2D eigenvalue weighted by Gasteiger charge is -2.46. The normalized spacial score (nSPS) is 20.0. The molecule has 1 atom stereocenters. The smallest absolute Gasteiger partial charge is 0.289 e. The third-order valence-electron chi connectivity index (χ3n) is 7.00. The Morgan fingerprint density at radius 1 is 1.15 bits per heavy atom. The van der Waals surface area contributed by atoms with E-state index in [0.29, 0.717) is 43.7 Å². The number of hydrogen-bond donors (Lipinski definition) is 0. The number of aromatic nitrogens is 3. The Morgan fingerprint density at radius 2 is 2.00 bits per heavy atom. The average Bonchev–Trinajstić information content (AvgIpc) is 3.56. The molecule has 1 spiro atoms. The number of nitrogens with zero attached hydrogens (tertiary/aromatic N) is 4. The second kappa shape index (κ2) is 10.5. The van der Waals surface area contributed by atoms with Crippen LogP contribution in [0.4, 0.5) is 0 Å². The minimum Gasteiger partial charge on any atom is -0.454 e. The minimum absolute atomic E-state index is 0.0543. The molecule has 2 aliphatic rings. The van der Waals surface area contributed by atoms with Crippen LogP contribution in [0.3, 0.4) is 0 Å². The maximum absolute atomic E-state index is 13.0. The number of amides is 1. The van der Waals surface area contributed by atoms with Crippen molar-refractivity contribution in [1.29, 1.82) is 0 Å². The molecule has 5 rings (SSSR count). The summed E-state index contributed by atoms with van der Waals surface area (Å²) < 4.78 is 19.7. The number of rotatable bonds is 8. The van der Waals surface area contributed by atoms with E-state index in [2.05, 4.69) is 22.2 Å². The van der Waals surface area contributed by atoms with Gasteiger partial charge in [0, 0.05) is 26.3 Å². The summed E-state index contributed by atoms with van der Waals surface area (Å²) in [5, 5.41) is 4.08. The molecule has 0 aliphatic carbocycles. The highest BCUT2D eigenvalue weighted by Gasteiger charge is 2.41. The van der Waals surface area contributed by atoms with Crippen LogP contribution in [0.25, 0.3) is 0 Å². The van der Waals surface area contributed by atoms with E-state index < -0.39 is 0 Å². The number of ether oxygens (including phenoxy) is 2. The van der Waals surface area contributed by atoms with Crippen LogP contribution in [0, 0.1) is 5.92 Å². The first-order valence-corrected chi connectivity index (χ1v) is 12.2. The molecule has 0 saturated carbocycles. The molecule has 2 aromatic heterocycles. The first kappa shape index (κ1) is 22.8. The molecule has 3 aromatic rings. The zero-order valence-corrected chi connectivity index (χ0v) is 19.5. The summed E-state index contributed by atoms with van der Waals surface area (Å²) in [6, 6.07) is 13.9. The Bertz CT molecular complexity index is 1040. The lowest BCUT2D eigenvalue weighted by molar-refractivity contribution is -0.126. The van der Waals surface area contributed by atoms with Crippen LogP contribution in [-0.2, 0) is 22.6 Å². The standard InChI is InChI=1S/C26H32N4O4/c31-25(24-7-6-23(34-24)17-30-20-27-19-28-30)29-12-10-26(11-13-29)16-21(9-15-33-26)8-14-32-18-22-4-2-1-3-5-22/h1-7,19-21H,8-18H2. The van der Waals surface area contributed by atoms with Crippen molar-refractivity contribution in [3.63, 3.8) is 0 Å². The number of furan rings is 1. The molecule has 2 fully saturated rings. The van der Waals surface area contributed by atoms with Gasteiger partial charge in [0.1, 0.15) is 25.0 Å². The summed E-state index contributed by atoms with van der Waals surface area (Å²) in [7, 11) is 0. The molecule has 34 heavy (non-hydrogen) atoms. The molecule has 2 aliphatic heterocycles. The molecule has 8 heteroatoms. The van der Waals surface area contributed by atoms with Crippen molar-refractivity contribution in [2.75, 3.05) is 26.3 Å². The van der Waals surface area contributed by atoms with Crippen LogP contribution in [0.1, 0.15) is 54.0 Å². The molecule has 1 aromatic carbocycles. The highest BCUT2D eigenvalue weighted by molar-refractivity contribution is 5.91. The molecule has 0 bridgehead atoms. The van der Waals surface area contributed by atoms with Crippen LogP contribution >= 0.6 is 0 Å². The molecule has 0 radical (unpaired) electrons. The molecular formula is C26H32N4O4. The molecular weight excluding hydrogens is 432 g/mol. The Kier molecular flexibility index (Phi) is 7.06. The van der Waals surface area contributed by atoms with Gasteiger partial charge < -0.3 is 18.8 Å². The monoisotopic (exact) mass is 464 g/mol. The molecule has 2 saturated heterocycles. The Labute approximate surface area is 199 Å². The topological polar surface area (TPSA) is 82.6 Å². The van der Waals surface area contributed by atoms with Crippen molar-refractivity contribution in [1.82, 2.24) is 19.7 Å². The summed E-state index contributed by atoms with van der Waals surface area (Å²) in [5.41, 5.74) is 1.10. The molecule has 1 unspecified atom stereocenters. The maximum atomic E-state index is 13.0. The van der Waals surface area contributed by atoms with Crippen LogP contribution in [0.2, 0.25) is 0 Å². The largest absolute Gasteiger partial charge is 0.454 e. The van der Waals surface area contributed by atoms with E-state index in [0.717, 1.165) is 45.3 Å². The number of carbonyl (C=O) groups is 1. The van der Waals surface area contributed by atoms with Crippen molar-refractivity contribution in [3.8, 4) is 0 Å². The van der Waals surface area contributed by atoms with Gasteiger partial charge in [0.15, 0.2) is 5.76 Å². The molecule has 4 heterocycles. The van der Waals surface area contributed by atoms with Crippen LogP contribution in [0.5, 0.6) is 0 Å². The zero-order chi connectivity index (χ0) is 23.2. The van der Waals surface area contributed by atoms with Crippen molar-refractivity contribution < 1.29 is 18.7 Å². The number of hydrogen-bond acceptors (Lipinski definition) is 6. The average molecular weight is 465 g/mol. The molecule has 1 amide bonds. The number of benzene rings is 1. The van der Waals surface area contributed by atoms with Crippen molar-refractivity contribution >= 4 is 5.91 Å². The minimum atomic E-state index is -0.111. The van der Waals surface area contributed by atoms with E-state index in [1.807, 2.05) is 29.2 Å². The summed E-state index contributed by atoms with van der Waals surface area (Å²) in [4.78, 5) is 18.8. The van der Waals surface area contributed by atoms with E-state index >= 15 is 0 Å². The fraction of sp³-hybridized carbons (Fsp3) is 0.500. The van der Waals surface area contributed by atoms with Gasteiger partial charge in [0.2, 0.25) is 0 Å². The Hall–Kier alpha value is -2.97. The van der Waals surface area contributed by atoms with Gasteiger partial charge in [-0.1, -0.05) is 30.3 Å². The van der Waals surface area contributed by atoms with Gasteiger partial charge in [-0.05, 0) is 55.7 Å². The van der Waals surface area contributed by atoms with Crippen molar-refractivity contribution in [2.45, 2.75) is 50.9 Å². The lowest BCUT2D eigenvalue weighted by atomic mass is 9.78.